The minimum Gasteiger partial charge on any atom is -0.349 e. The normalized spacial score (nSPS) is 12.3. The van der Waals surface area contributed by atoms with Gasteiger partial charge in [0.1, 0.15) is 5.82 Å². The number of hydrogen-bond acceptors (Lipinski definition) is 2. The first-order valence-electron chi connectivity index (χ1n) is 7.97. The summed E-state index contributed by atoms with van der Waals surface area (Å²) >= 11 is 20.3. The molecule has 0 fully saturated rings. The third-order valence-corrected chi connectivity index (χ3v) is 5.97. The van der Waals surface area contributed by atoms with E-state index in [0.717, 1.165) is 35.7 Å². The molecular formula is C19H17Cl3N2S. The number of H-pyrrole nitrogens is 1. The molecule has 25 heavy (non-hydrogen) atoms. The lowest BCUT2D eigenvalue weighted by molar-refractivity contribution is 0.703. The molecular weight excluding hydrogens is 395 g/mol. The van der Waals surface area contributed by atoms with Crippen LogP contribution in [0.5, 0.6) is 0 Å². The van der Waals surface area contributed by atoms with Crippen molar-refractivity contribution in [3.63, 3.8) is 0 Å². The number of aromatic nitrogens is 2. The molecule has 1 atom stereocenters. The van der Waals surface area contributed by atoms with Gasteiger partial charge in [-0.15, -0.1) is 11.8 Å². The Morgan fingerprint density at radius 3 is 2.44 bits per heavy atom. The molecule has 3 rings (SSSR count). The van der Waals surface area contributed by atoms with Crippen LogP contribution >= 0.6 is 46.6 Å². The molecule has 0 aliphatic heterocycles. The van der Waals surface area contributed by atoms with Gasteiger partial charge in [-0.3, -0.25) is 0 Å². The molecule has 0 bridgehead atoms. The number of aryl methyl sites for hydroxylation is 1. The smallest absolute Gasteiger partial charge is 0.105 e. The molecule has 0 saturated heterocycles. The number of halogens is 3. The first kappa shape index (κ1) is 18.7. The number of thioether (sulfide) groups is 1. The van der Waals surface area contributed by atoms with Gasteiger partial charge in [0.15, 0.2) is 0 Å². The van der Waals surface area contributed by atoms with Crippen molar-refractivity contribution in [3.8, 4) is 0 Å². The van der Waals surface area contributed by atoms with Crippen molar-refractivity contribution >= 4 is 46.6 Å². The van der Waals surface area contributed by atoms with Crippen molar-refractivity contribution in [1.29, 1.82) is 0 Å². The van der Waals surface area contributed by atoms with E-state index >= 15 is 0 Å². The summed E-state index contributed by atoms with van der Waals surface area (Å²) in [6, 6.07) is 13.6. The van der Waals surface area contributed by atoms with Gasteiger partial charge in [0, 0.05) is 44.0 Å². The standard InChI is InChI=1S/C19H17Cl3N2S/c20-13-4-7-15(8-5-13)25-18(2-1-3-19-23-10-11-24-19)16-9-6-14(21)12-17(16)22/h4-12,18H,1-3H2,(H,23,24). The highest BCUT2D eigenvalue weighted by Gasteiger charge is 2.17. The summed E-state index contributed by atoms with van der Waals surface area (Å²) in [5, 5.41) is 2.33. The molecule has 0 amide bonds. The predicted octanol–water partition coefficient (Wildman–Crippen LogP) is 7.23. The Bertz CT molecular complexity index is 804. The number of imidazole rings is 1. The third kappa shape index (κ3) is 5.42. The summed E-state index contributed by atoms with van der Waals surface area (Å²) in [6.07, 6.45) is 6.54. The third-order valence-electron chi connectivity index (χ3n) is 3.84. The maximum atomic E-state index is 6.46. The minimum atomic E-state index is 0.237. The first-order valence-corrected chi connectivity index (χ1v) is 9.98. The lowest BCUT2D eigenvalue weighted by Crippen LogP contribution is -1.98. The number of nitrogens with zero attached hydrogens (tertiary/aromatic N) is 1. The number of rotatable bonds is 7. The molecule has 1 N–H and O–H groups in total. The molecule has 2 nitrogen and oxygen atoms in total. The Balaban J connectivity index is 1.75. The fourth-order valence-electron chi connectivity index (χ4n) is 2.61. The van der Waals surface area contributed by atoms with E-state index in [-0.39, 0.29) is 5.25 Å². The average molecular weight is 412 g/mol. The van der Waals surface area contributed by atoms with Crippen molar-refractivity contribution in [1.82, 2.24) is 9.97 Å². The fourth-order valence-corrected chi connectivity index (χ4v) is 4.58. The van der Waals surface area contributed by atoms with Gasteiger partial charge in [-0.25, -0.2) is 4.98 Å². The predicted molar refractivity (Wildman–Crippen MR) is 108 cm³/mol. The summed E-state index contributed by atoms with van der Waals surface area (Å²) in [4.78, 5) is 8.60. The number of aromatic amines is 1. The van der Waals surface area contributed by atoms with Crippen LogP contribution in [0.2, 0.25) is 15.1 Å². The molecule has 0 aliphatic rings. The summed E-state index contributed by atoms with van der Waals surface area (Å²) in [5.74, 6) is 1.01. The van der Waals surface area contributed by atoms with Gasteiger partial charge in [-0.05, 0) is 54.8 Å². The van der Waals surface area contributed by atoms with Gasteiger partial charge in [0.25, 0.3) is 0 Å². The van der Waals surface area contributed by atoms with Crippen molar-refractivity contribution in [3.05, 3.63) is 81.3 Å². The number of nitrogens with one attached hydrogen (secondary N) is 1. The maximum absolute atomic E-state index is 6.46. The molecule has 1 aromatic heterocycles. The van der Waals surface area contributed by atoms with E-state index in [0.29, 0.717) is 10.0 Å². The van der Waals surface area contributed by atoms with Crippen molar-refractivity contribution in [2.45, 2.75) is 29.4 Å². The van der Waals surface area contributed by atoms with Crippen LogP contribution in [-0.4, -0.2) is 9.97 Å². The van der Waals surface area contributed by atoms with Crippen molar-refractivity contribution in [2.24, 2.45) is 0 Å². The summed E-state index contributed by atoms with van der Waals surface area (Å²) < 4.78 is 0. The van der Waals surface area contributed by atoms with E-state index in [2.05, 4.69) is 9.97 Å². The van der Waals surface area contributed by atoms with Crippen LogP contribution in [0.1, 0.15) is 29.5 Å². The minimum absolute atomic E-state index is 0.237. The van der Waals surface area contributed by atoms with Crippen LogP contribution in [0.25, 0.3) is 0 Å². The molecule has 1 unspecified atom stereocenters. The molecule has 3 aromatic rings. The lowest BCUT2D eigenvalue weighted by Gasteiger charge is -2.18. The molecule has 0 spiro atoms. The topological polar surface area (TPSA) is 28.7 Å². The van der Waals surface area contributed by atoms with E-state index in [9.17, 15) is 0 Å². The number of benzene rings is 2. The molecule has 1 heterocycles. The van der Waals surface area contributed by atoms with Crippen LogP contribution in [0.3, 0.4) is 0 Å². The second kappa shape index (κ2) is 9.00. The second-order valence-corrected chi connectivity index (χ2v) is 8.21. The summed E-state index contributed by atoms with van der Waals surface area (Å²) in [7, 11) is 0. The Morgan fingerprint density at radius 2 is 1.76 bits per heavy atom. The largest absolute Gasteiger partial charge is 0.349 e. The molecule has 130 valence electrons. The van der Waals surface area contributed by atoms with E-state index in [1.54, 1.807) is 24.0 Å². The molecule has 0 radical (unpaired) electrons. The van der Waals surface area contributed by atoms with E-state index in [1.807, 2.05) is 42.6 Å². The molecule has 0 saturated carbocycles. The van der Waals surface area contributed by atoms with Crippen LogP contribution in [-0.2, 0) is 6.42 Å². The fraction of sp³-hybridized carbons (Fsp3) is 0.211. The average Bonchev–Trinajstić information content (AvgIpc) is 3.09. The Hall–Kier alpha value is -1.13. The summed E-state index contributed by atoms with van der Waals surface area (Å²) in [6.45, 7) is 0. The zero-order chi connectivity index (χ0) is 17.6. The highest BCUT2D eigenvalue weighted by molar-refractivity contribution is 7.99. The van der Waals surface area contributed by atoms with Gasteiger partial charge < -0.3 is 4.98 Å². The van der Waals surface area contributed by atoms with Crippen molar-refractivity contribution in [2.75, 3.05) is 0 Å². The van der Waals surface area contributed by atoms with Gasteiger partial charge in [0.05, 0.1) is 0 Å². The quantitative estimate of drug-likeness (QED) is 0.415. The van der Waals surface area contributed by atoms with Crippen LogP contribution in [0.15, 0.2) is 59.8 Å². The van der Waals surface area contributed by atoms with E-state index in [4.69, 9.17) is 34.8 Å². The van der Waals surface area contributed by atoms with Crippen LogP contribution < -0.4 is 0 Å². The van der Waals surface area contributed by atoms with Crippen LogP contribution in [0, 0.1) is 0 Å². The molecule has 0 aliphatic carbocycles. The molecule has 6 heteroatoms. The van der Waals surface area contributed by atoms with Gasteiger partial charge in [0.2, 0.25) is 0 Å². The summed E-state index contributed by atoms with van der Waals surface area (Å²) in [5.41, 5.74) is 1.10. The Kier molecular flexibility index (Phi) is 6.71. The zero-order valence-corrected chi connectivity index (χ0v) is 16.5. The Morgan fingerprint density at radius 1 is 1.00 bits per heavy atom. The maximum Gasteiger partial charge on any atom is 0.105 e. The van der Waals surface area contributed by atoms with Crippen LogP contribution in [0.4, 0.5) is 0 Å². The highest BCUT2D eigenvalue weighted by atomic mass is 35.5. The van der Waals surface area contributed by atoms with Gasteiger partial charge in [-0.2, -0.15) is 0 Å². The van der Waals surface area contributed by atoms with Gasteiger partial charge >= 0.3 is 0 Å². The first-order chi connectivity index (χ1) is 12.1. The number of hydrogen-bond donors (Lipinski definition) is 1. The van der Waals surface area contributed by atoms with Crippen molar-refractivity contribution < 1.29 is 0 Å². The SMILES string of the molecule is Clc1ccc(SC(CCCc2ncc[nH]2)c2ccc(Cl)cc2Cl)cc1. The van der Waals surface area contributed by atoms with E-state index in [1.165, 1.54) is 4.90 Å². The Labute approximate surface area is 166 Å². The monoisotopic (exact) mass is 410 g/mol. The van der Waals surface area contributed by atoms with E-state index < -0.39 is 0 Å². The second-order valence-electron chi connectivity index (χ2n) is 5.65. The van der Waals surface area contributed by atoms with Gasteiger partial charge in [-0.1, -0.05) is 40.9 Å². The molecule has 2 aromatic carbocycles. The zero-order valence-electron chi connectivity index (χ0n) is 13.4. The lowest BCUT2D eigenvalue weighted by atomic mass is 10.1. The highest BCUT2D eigenvalue weighted by Crippen LogP contribution is 2.42.